The minimum absolute atomic E-state index is 0. The molecule has 1 aliphatic rings. The molecular formula is C17H28ClIN4. The summed E-state index contributed by atoms with van der Waals surface area (Å²) in [6.07, 6.45) is 3.61. The largest absolute Gasteiger partial charge is 0.356 e. The molecule has 1 aromatic rings. The molecule has 0 radical (unpaired) electrons. The van der Waals surface area contributed by atoms with E-state index >= 15 is 0 Å². The van der Waals surface area contributed by atoms with Gasteiger partial charge in [-0.15, -0.1) is 24.0 Å². The van der Waals surface area contributed by atoms with Crippen LogP contribution < -0.4 is 10.6 Å². The first-order valence-corrected chi connectivity index (χ1v) is 8.39. The molecule has 2 N–H and O–H groups in total. The van der Waals surface area contributed by atoms with Crippen molar-refractivity contribution >= 4 is 41.5 Å². The number of rotatable bonds is 7. The van der Waals surface area contributed by atoms with E-state index in [4.69, 9.17) is 11.6 Å². The standard InChI is InChI=1S/C17H27ClN4.HI/c1-13(22(3)16-7-8-16)12-21-17(19-2)20-10-9-14-5-4-6-15(18)11-14;/h4-6,11,13,16H,7-10,12H2,1-3H3,(H2,19,20,21);1H. The molecule has 6 heteroatoms. The van der Waals surface area contributed by atoms with Crippen LogP contribution in [0.25, 0.3) is 0 Å². The Hall–Kier alpha value is -0.530. The summed E-state index contributed by atoms with van der Waals surface area (Å²) in [6.45, 7) is 4.00. The number of likely N-dealkylation sites (N-methyl/N-ethyl adjacent to an activating group) is 1. The first-order valence-electron chi connectivity index (χ1n) is 8.01. The van der Waals surface area contributed by atoms with Crippen molar-refractivity contribution in [3.05, 3.63) is 34.9 Å². The second-order valence-corrected chi connectivity index (χ2v) is 6.44. The summed E-state index contributed by atoms with van der Waals surface area (Å²) in [7, 11) is 4.02. The van der Waals surface area contributed by atoms with Crippen molar-refractivity contribution in [3.63, 3.8) is 0 Å². The zero-order valence-corrected chi connectivity index (χ0v) is 17.3. The fraction of sp³-hybridized carbons (Fsp3) is 0.588. The minimum atomic E-state index is 0. The van der Waals surface area contributed by atoms with E-state index in [-0.39, 0.29) is 24.0 Å². The summed E-state index contributed by atoms with van der Waals surface area (Å²) >= 11 is 6.00. The molecule has 1 saturated carbocycles. The van der Waals surface area contributed by atoms with Gasteiger partial charge in [0.15, 0.2) is 5.96 Å². The number of nitrogens with zero attached hydrogens (tertiary/aromatic N) is 2. The highest BCUT2D eigenvalue weighted by Gasteiger charge is 2.28. The van der Waals surface area contributed by atoms with E-state index in [2.05, 4.69) is 40.6 Å². The maximum atomic E-state index is 6.00. The zero-order valence-electron chi connectivity index (χ0n) is 14.2. The molecule has 130 valence electrons. The normalized spacial score (nSPS) is 16.0. The van der Waals surface area contributed by atoms with E-state index in [1.165, 1.54) is 18.4 Å². The van der Waals surface area contributed by atoms with Gasteiger partial charge in [-0.3, -0.25) is 9.89 Å². The third kappa shape index (κ3) is 7.27. The summed E-state index contributed by atoms with van der Waals surface area (Å²) in [5.74, 6) is 0.859. The van der Waals surface area contributed by atoms with Gasteiger partial charge in [-0.05, 0) is 50.9 Å². The Balaban J connectivity index is 0.00000264. The maximum absolute atomic E-state index is 6.00. The molecule has 1 unspecified atom stereocenters. The van der Waals surface area contributed by atoms with Crippen LogP contribution in [0, 0.1) is 0 Å². The highest BCUT2D eigenvalue weighted by molar-refractivity contribution is 14.0. The molecule has 4 nitrogen and oxygen atoms in total. The van der Waals surface area contributed by atoms with Crippen LogP contribution in [-0.2, 0) is 6.42 Å². The smallest absolute Gasteiger partial charge is 0.191 e. The number of aliphatic imine (C=N–C) groups is 1. The number of nitrogens with one attached hydrogen (secondary N) is 2. The molecule has 1 aliphatic carbocycles. The van der Waals surface area contributed by atoms with Gasteiger partial charge in [0.25, 0.3) is 0 Å². The van der Waals surface area contributed by atoms with Gasteiger partial charge in [0, 0.05) is 37.2 Å². The minimum Gasteiger partial charge on any atom is -0.356 e. The number of hydrogen-bond donors (Lipinski definition) is 2. The Labute approximate surface area is 162 Å². The van der Waals surface area contributed by atoms with Gasteiger partial charge < -0.3 is 10.6 Å². The molecule has 2 rings (SSSR count). The van der Waals surface area contributed by atoms with Gasteiger partial charge in [-0.25, -0.2) is 0 Å². The highest BCUT2D eigenvalue weighted by atomic mass is 127. The van der Waals surface area contributed by atoms with E-state index in [0.717, 1.165) is 36.5 Å². The molecule has 0 heterocycles. The quantitative estimate of drug-likeness (QED) is 0.381. The van der Waals surface area contributed by atoms with Crippen LogP contribution in [-0.4, -0.2) is 50.1 Å². The molecule has 0 amide bonds. The summed E-state index contributed by atoms with van der Waals surface area (Å²) in [5.41, 5.74) is 1.23. The molecular weight excluding hydrogens is 423 g/mol. The fourth-order valence-corrected chi connectivity index (χ4v) is 2.68. The Kier molecular flexibility index (Phi) is 9.24. The Morgan fingerprint density at radius 2 is 2.13 bits per heavy atom. The monoisotopic (exact) mass is 450 g/mol. The molecule has 1 fully saturated rings. The number of halogens is 2. The van der Waals surface area contributed by atoms with Crippen molar-refractivity contribution in [1.29, 1.82) is 0 Å². The van der Waals surface area contributed by atoms with Crippen LogP contribution in [0.2, 0.25) is 5.02 Å². The summed E-state index contributed by atoms with van der Waals surface area (Å²) in [5, 5.41) is 7.54. The highest BCUT2D eigenvalue weighted by Crippen LogP contribution is 2.26. The molecule has 0 saturated heterocycles. The third-order valence-electron chi connectivity index (χ3n) is 4.20. The van der Waals surface area contributed by atoms with E-state index in [1.54, 1.807) is 0 Å². The second kappa shape index (κ2) is 10.4. The Bertz CT molecular complexity index is 505. The number of benzene rings is 1. The average Bonchev–Trinajstić information content (AvgIpc) is 3.34. The van der Waals surface area contributed by atoms with Gasteiger partial charge in [-0.1, -0.05) is 23.7 Å². The van der Waals surface area contributed by atoms with E-state index in [9.17, 15) is 0 Å². The molecule has 0 aromatic heterocycles. The van der Waals surface area contributed by atoms with Gasteiger partial charge in [0.2, 0.25) is 0 Å². The molecule has 0 bridgehead atoms. The lowest BCUT2D eigenvalue weighted by Gasteiger charge is -2.25. The first kappa shape index (κ1) is 20.5. The predicted octanol–water partition coefficient (Wildman–Crippen LogP) is 3.15. The molecule has 0 spiro atoms. The molecule has 23 heavy (non-hydrogen) atoms. The number of hydrogen-bond acceptors (Lipinski definition) is 2. The predicted molar refractivity (Wildman–Crippen MR) is 110 cm³/mol. The van der Waals surface area contributed by atoms with Crippen molar-refractivity contribution in [2.75, 3.05) is 27.2 Å². The Morgan fingerprint density at radius 3 is 2.74 bits per heavy atom. The SMILES string of the molecule is CN=C(NCCc1cccc(Cl)c1)NCC(C)N(C)C1CC1.I. The van der Waals surface area contributed by atoms with Crippen LogP contribution in [0.3, 0.4) is 0 Å². The summed E-state index contributed by atoms with van der Waals surface area (Å²) in [6, 6.07) is 9.29. The van der Waals surface area contributed by atoms with Crippen molar-refractivity contribution in [2.24, 2.45) is 4.99 Å². The zero-order chi connectivity index (χ0) is 15.9. The molecule has 1 atom stereocenters. The lowest BCUT2D eigenvalue weighted by atomic mass is 10.1. The lowest BCUT2D eigenvalue weighted by molar-refractivity contribution is 0.247. The van der Waals surface area contributed by atoms with Gasteiger partial charge >= 0.3 is 0 Å². The van der Waals surface area contributed by atoms with Crippen LogP contribution in [0.15, 0.2) is 29.3 Å². The van der Waals surface area contributed by atoms with Crippen molar-refractivity contribution < 1.29 is 0 Å². The van der Waals surface area contributed by atoms with Gasteiger partial charge in [0.05, 0.1) is 0 Å². The average molecular weight is 451 g/mol. The second-order valence-electron chi connectivity index (χ2n) is 6.01. The van der Waals surface area contributed by atoms with Crippen LogP contribution in [0.5, 0.6) is 0 Å². The van der Waals surface area contributed by atoms with Crippen molar-refractivity contribution in [2.45, 2.75) is 38.3 Å². The number of guanidine groups is 1. The van der Waals surface area contributed by atoms with Crippen LogP contribution in [0.1, 0.15) is 25.3 Å². The van der Waals surface area contributed by atoms with E-state index < -0.39 is 0 Å². The van der Waals surface area contributed by atoms with Gasteiger partial charge in [0.1, 0.15) is 0 Å². The Morgan fingerprint density at radius 1 is 1.39 bits per heavy atom. The van der Waals surface area contributed by atoms with E-state index in [0.29, 0.717) is 6.04 Å². The van der Waals surface area contributed by atoms with Crippen molar-refractivity contribution in [1.82, 2.24) is 15.5 Å². The topological polar surface area (TPSA) is 39.7 Å². The lowest BCUT2D eigenvalue weighted by Crippen LogP contribution is -2.45. The molecule has 1 aromatic carbocycles. The van der Waals surface area contributed by atoms with Gasteiger partial charge in [-0.2, -0.15) is 0 Å². The first-order chi connectivity index (χ1) is 10.6. The van der Waals surface area contributed by atoms with Crippen LogP contribution in [0.4, 0.5) is 0 Å². The van der Waals surface area contributed by atoms with Crippen molar-refractivity contribution in [3.8, 4) is 0 Å². The molecule has 0 aliphatic heterocycles. The van der Waals surface area contributed by atoms with E-state index in [1.807, 2.05) is 25.2 Å². The third-order valence-corrected chi connectivity index (χ3v) is 4.44. The summed E-state index contributed by atoms with van der Waals surface area (Å²) < 4.78 is 0. The van der Waals surface area contributed by atoms with Crippen LogP contribution >= 0.6 is 35.6 Å². The fourth-order valence-electron chi connectivity index (χ4n) is 2.47. The summed E-state index contributed by atoms with van der Waals surface area (Å²) in [4.78, 5) is 6.73. The maximum Gasteiger partial charge on any atom is 0.191 e.